The van der Waals surface area contributed by atoms with Crippen LogP contribution in [-0.2, 0) is 11.0 Å². The predicted molar refractivity (Wildman–Crippen MR) is 124 cm³/mol. The van der Waals surface area contributed by atoms with Gasteiger partial charge in [-0.05, 0) is 56.0 Å². The summed E-state index contributed by atoms with van der Waals surface area (Å²) in [6.45, 7) is 0.856. The van der Waals surface area contributed by atoms with E-state index in [-0.39, 0.29) is 30.2 Å². The molecule has 1 aromatic heterocycles. The molecule has 1 saturated heterocycles. The third-order valence-electron chi connectivity index (χ3n) is 7.14. The molecule has 9 heteroatoms. The number of carbonyl (C=O) groups excluding carboxylic acids is 2. The minimum Gasteiger partial charge on any atom is -0.391 e. The number of alkyl halides is 3. The maximum atomic E-state index is 12.9. The Hall–Kier alpha value is -2.78. The Morgan fingerprint density at radius 2 is 1.83 bits per heavy atom. The molecule has 1 aromatic carbocycles. The Morgan fingerprint density at radius 1 is 1.06 bits per heavy atom. The fourth-order valence-corrected chi connectivity index (χ4v) is 5.22. The van der Waals surface area contributed by atoms with Crippen LogP contribution in [0, 0.1) is 5.92 Å². The van der Waals surface area contributed by atoms with Gasteiger partial charge in [0.15, 0.2) is 5.78 Å². The van der Waals surface area contributed by atoms with Crippen LogP contribution in [0.2, 0.25) is 0 Å². The van der Waals surface area contributed by atoms with Gasteiger partial charge in [-0.1, -0.05) is 12.1 Å². The molecule has 6 nitrogen and oxygen atoms in total. The number of β-amino-alcohol motifs (C(OH)–C–C–N with tert-alkyl or cyclic N) is 1. The van der Waals surface area contributed by atoms with Crippen molar-refractivity contribution < 1.29 is 27.9 Å². The number of ketones is 1. The van der Waals surface area contributed by atoms with Gasteiger partial charge in [0, 0.05) is 54.8 Å². The number of hydrogen-bond acceptors (Lipinski definition) is 5. The molecule has 0 unspecified atom stereocenters. The van der Waals surface area contributed by atoms with E-state index in [1.165, 1.54) is 6.07 Å². The fourth-order valence-electron chi connectivity index (χ4n) is 5.22. The van der Waals surface area contributed by atoms with Crippen LogP contribution in [-0.4, -0.2) is 58.5 Å². The standard InChI is InChI=1S/C26H30F3N3O3/c27-26(28,29)20-5-3-4-18(12-20)25(35)31-14-22(33)13-19-15-32(16-24(19)34)21-9-7-17(8-10-21)23-6-1-2-11-30-23/h1-6,11-12,17,19,21,24,34H,7-10,13-16H2,(H,31,35)/t17?,19-,21?,24-/m0/s1. The van der Waals surface area contributed by atoms with Gasteiger partial charge in [-0.15, -0.1) is 0 Å². The van der Waals surface area contributed by atoms with Crippen molar-refractivity contribution in [1.29, 1.82) is 0 Å². The van der Waals surface area contributed by atoms with Crippen LogP contribution >= 0.6 is 0 Å². The molecule has 1 saturated carbocycles. The number of aliphatic hydroxyl groups excluding tert-OH is 1. The lowest BCUT2D eigenvalue weighted by molar-refractivity contribution is -0.137. The number of amides is 1. The molecule has 4 rings (SSSR count). The Kier molecular flexibility index (Phi) is 7.86. The number of nitrogens with zero attached hydrogens (tertiary/aromatic N) is 2. The Bertz CT molecular complexity index is 1020. The van der Waals surface area contributed by atoms with E-state index < -0.39 is 23.8 Å². The summed E-state index contributed by atoms with van der Waals surface area (Å²) in [7, 11) is 0. The number of carbonyl (C=O) groups is 2. The molecule has 0 spiro atoms. The molecule has 2 aromatic rings. The number of nitrogens with one attached hydrogen (secondary N) is 1. The Balaban J connectivity index is 1.23. The first kappa shape index (κ1) is 25.3. The van der Waals surface area contributed by atoms with Crippen LogP contribution in [0.1, 0.15) is 59.6 Å². The smallest absolute Gasteiger partial charge is 0.391 e. The van der Waals surface area contributed by atoms with Crippen molar-refractivity contribution in [3.8, 4) is 0 Å². The van der Waals surface area contributed by atoms with E-state index >= 15 is 0 Å². The summed E-state index contributed by atoms with van der Waals surface area (Å²) in [4.78, 5) is 31.4. The lowest BCUT2D eigenvalue weighted by atomic mass is 9.83. The lowest BCUT2D eigenvalue weighted by Crippen LogP contribution is -2.37. The minimum atomic E-state index is -4.55. The molecule has 35 heavy (non-hydrogen) atoms. The van der Waals surface area contributed by atoms with Gasteiger partial charge in [0.1, 0.15) is 0 Å². The van der Waals surface area contributed by atoms with Gasteiger partial charge >= 0.3 is 6.18 Å². The van der Waals surface area contributed by atoms with Gasteiger partial charge in [-0.2, -0.15) is 13.2 Å². The van der Waals surface area contributed by atoms with E-state index in [0.29, 0.717) is 25.0 Å². The van der Waals surface area contributed by atoms with Gasteiger partial charge < -0.3 is 10.4 Å². The van der Waals surface area contributed by atoms with Crippen molar-refractivity contribution in [3.05, 3.63) is 65.5 Å². The molecular weight excluding hydrogens is 459 g/mol. The molecule has 2 fully saturated rings. The minimum absolute atomic E-state index is 0.115. The van der Waals surface area contributed by atoms with Gasteiger partial charge in [0.25, 0.3) is 5.91 Å². The summed E-state index contributed by atoms with van der Waals surface area (Å²) < 4.78 is 38.6. The highest BCUT2D eigenvalue weighted by Crippen LogP contribution is 2.36. The molecule has 0 radical (unpaired) electrons. The van der Waals surface area contributed by atoms with E-state index in [9.17, 15) is 27.9 Å². The average molecular weight is 490 g/mol. The second-order valence-electron chi connectivity index (χ2n) is 9.55. The molecule has 1 aliphatic carbocycles. The van der Waals surface area contributed by atoms with Crippen molar-refractivity contribution in [2.24, 2.45) is 5.92 Å². The third-order valence-corrected chi connectivity index (χ3v) is 7.14. The zero-order valence-corrected chi connectivity index (χ0v) is 19.4. The van der Waals surface area contributed by atoms with Crippen molar-refractivity contribution in [2.75, 3.05) is 19.6 Å². The van der Waals surface area contributed by atoms with Crippen LogP contribution in [0.5, 0.6) is 0 Å². The zero-order valence-electron chi connectivity index (χ0n) is 19.4. The van der Waals surface area contributed by atoms with Gasteiger partial charge in [-0.3, -0.25) is 19.5 Å². The second-order valence-corrected chi connectivity index (χ2v) is 9.55. The summed E-state index contributed by atoms with van der Waals surface area (Å²) in [6.07, 6.45) is 0.883. The van der Waals surface area contributed by atoms with E-state index in [4.69, 9.17) is 0 Å². The number of halogens is 3. The lowest BCUT2D eigenvalue weighted by Gasteiger charge is -2.34. The molecule has 2 N–H and O–H groups in total. The van der Waals surface area contributed by atoms with Crippen LogP contribution in [0.25, 0.3) is 0 Å². The monoisotopic (exact) mass is 489 g/mol. The average Bonchev–Trinajstić information content (AvgIpc) is 3.22. The molecule has 1 aliphatic heterocycles. The largest absolute Gasteiger partial charge is 0.416 e. The van der Waals surface area contributed by atoms with Crippen molar-refractivity contribution in [2.45, 2.75) is 56.3 Å². The van der Waals surface area contributed by atoms with Gasteiger partial charge in [-0.25, -0.2) is 0 Å². The molecule has 188 valence electrons. The fraction of sp³-hybridized carbons (Fsp3) is 0.500. The van der Waals surface area contributed by atoms with Crippen molar-refractivity contribution in [3.63, 3.8) is 0 Å². The number of rotatable bonds is 7. The first-order valence-corrected chi connectivity index (χ1v) is 12.0. The number of hydrogen-bond donors (Lipinski definition) is 2. The summed E-state index contributed by atoms with van der Waals surface area (Å²) in [5.41, 5.74) is 0.0591. The van der Waals surface area contributed by atoms with E-state index in [0.717, 1.165) is 49.6 Å². The molecule has 0 bridgehead atoms. The SMILES string of the molecule is O=C(CNC(=O)c1cccc(C(F)(F)F)c1)C[C@H]1CN(C2CCC(c3ccccn3)CC2)C[C@@H]1O. The number of aromatic nitrogens is 1. The maximum Gasteiger partial charge on any atom is 0.416 e. The van der Waals surface area contributed by atoms with Crippen molar-refractivity contribution >= 4 is 11.7 Å². The van der Waals surface area contributed by atoms with Gasteiger partial charge in [0.2, 0.25) is 0 Å². The zero-order chi connectivity index (χ0) is 25.0. The predicted octanol–water partition coefficient (Wildman–Crippen LogP) is 3.81. The molecule has 2 aliphatic rings. The number of likely N-dealkylation sites (tertiary alicyclic amines) is 1. The number of aliphatic hydroxyl groups is 1. The molecular formula is C26H30F3N3O3. The van der Waals surface area contributed by atoms with E-state index in [1.807, 2.05) is 18.3 Å². The summed E-state index contributed by atoms with van der Waals surface area (Å²) >= 11 is 0. The van der Waals surface area contributed by atoms with E-state index in [1.54, 1.807) is 0 Å². The number of pyridine rings is 1. The summed E-state index contributed by atoms with van der Waals surface area (Å²) in [5, 5.41) is 12.9. The Morgan fingerprint density at radius 3 is 2.51 bits per heavy atom. The number of Topliss-reactive ketones (excluding diaryl/α,β-unsaturated/α-hetero) is 1. The van der Waals surface area contributed by atoms with E-state index in [2.05, 4.69) is 21.3 Å². The van der Waals surface area contributed by atoms with Gasteiger partial charge in [0.05, 0.1) is 18.2 Å². The molecule has 2 atom stereocenters. The van der Waals surface area contributed by atoms with Crippen LogP contribution < -0.4 is 5.32 Å². The van der Waals surface area contributed by atoms with Crippen molar-refractivity contribution in [1.82, 2.24) is 15.2 Å². The summed E-state index contributed by atoms with van der Waals surface area (Å²) in [5.74, 6) is -0.753. The first-order chi connectivity index (χ1) is 16.7. The highest BCUT2D eigenvalue weighted by atomic mass is 19.4. The highest BCUT2D eigenvalue weighted by Gasteiger charge is 2.37. The van der Waals surface area contributed by atoms with Crippen LogP contribution in [0.15, 0.2) is 48.7 Å². The molecule has 1 amide bonds. The van der Waals surface area contributed by atoms with Crippen LogP contribution in [0.4, 0.5) is 13.2 Å². The Labute approximate surface area is 202 Å². The maximum absolute atomic E-state index is 12.9. The summed E-state index contributed by atoms with van der Waals surface area (Å²) in [6, 6.07) is 10.4. The van der Waals surface area contributed by atoms with Crippen LogP contribution in [0.3, 0.4) is 0 Å². The first-order valence-electron chi connectivity index (χ1n) is 12.0. The topological polar surface area (TPSA) is 82.5 Å². The molecule has 2 heterocycles. The third kappa shape index (κ3) is 6.46. The quantitative estimate of drug-likeness (QED) is 0.618. The number of benzene rings is 1. The highest BCUT2D eigenvalue weighted by molar-refractivity contribution is 5.96. The normalized spacial score (nSPS) is 25.4. The second kappa shape index (κ2) is 10.9.